The number of aliphatic hydroxyl groups is 2. The standard InChI is InChI=1S/C18H17Br2FO5/c1-8-10(6-13(26-8)18-17(24)12(22)7-25-18)16(23)15(20)14(19)9-4-2-3-5-11(9)21/h2-6,12,14-15,17-18,22,24H,7H2,1H3/t12-,14?,15?,17-,18+/m1/s1. The van der Waals surface area contributed by atoms with Gasteiger partial charge in [0.2, 0.25) is 0 Å². The normalized spacial score (nSPS) is 25.2. The van der Waals surface area contributed by atoms with Crippen molar-refractivity contribution in [3.05, 3.63) is 58.8 Å². The van der Waals surface area contributed by atoms with Crippen molar-refractivity contribution in [2.75, 3.05) is 6.61 Å². The van der Waals surface area contributed by atoms with Crippen LogP contribution in [0.4, 0.5) is 4.39 Å². The van der Waals surface area contributed by atoms with Gasteiger partial charge in [-0.05, 0) is 19.1 Å². The van der Waals surface area contributed by atoms with Crippen LogP contribution in [0.25, 0.3) is 0 Å². The molecule has 5 nitrogen and oxygen atoms in total. The highest BCUT2D eigenvalue weighted by atomic mass is 79.9. The van der Waals surface area contributed by atoms with Gasteiger partial charge in [-0.15, -0.1) is 0 Å². The monoisotopic (exact) mass is 490 g/mol. The lowest BCUT2D eigenvalue weighted by molar-refractivity contribution is 0.0117. The molecule has 1 aromatic carbocycles. The summed E-state index contributed by atoms with van der Waals surface area (Å²) < 4.78 is 24.9. The van der Waals surface area contributed by atoms with Gasteiger partial charge in [0, 0.05) is 5.56 Å². The Bertz CT molecular complexity index is 809. The van der Waals surface area contributed by atoms with Crippen LogP contribution in [0.15, 0.2) is 34.7 Å². The molecule has 0 amide bonds. The van der Waals surface area contributed by atoms with Gasteiger partial charge in [0.05, 0.1) is 21.8 Å². The maximum absolute atomic E-state index is 14.0. The van der Waals surface area contributed by atoms with Gasteiger partial charge in [0.1, 0.15) is 35.6 Å². The molecular weight excluding hydrogens is 475 g/mol. The minimum atomic E-state index is -1.12. The number of aryl methyl sites for hydroxylation is 1. The molecule has 1 aliphatic rings. The molecule has 140 valence electrons. The van der Waals surface area contributed by atoms with Crippen LogP contribution in [0.2, 0.25) is 0 Å². The lowest BCUT2D eigenvalue weighted by atomic mass is 10.0. The van der Waals surface area contributed by atoms with E-state index in [-0.39, 0.29) is 18.2 Å². The minimum absolute atomic E-state index is 0.00725. The molecule has 1 aliphatic heterocycles. The molecule has 0 radical (unpaired) electrons. The number of rotatable bonds is 5. The van der Waals surface area contributed by atoms with Crippen molar-refractivity contribution >= 4 is 37.6 Å². The molecule has 2 N–H and O–H groups in total. The number of carbonyl (C=O) groups excluding carboxylic acids is 1. The van der Waals surface area contributed by atoms with Crippen molar-refractivity contribution in [3.8, 4) is 0 Å². The second-order valence-corrected chi connectivity index (χ2v) is 8.09. The summed E-state index contributed by atoms with van der Waals surface area (Å²) in [5.74, 6) is -0.0742. The average molecular weight is 492 g/mol. The Morgan fingerprint density at radius 1 is 1.31 bits per heavy atom. The third kappa shape index (κ3) is 3.66. The molecule has 0 aliphatic carbocycles. The first-order chi connectivity index (χ1) is 12.3. The van der Waals surface area contributed by atoms with Crippen LogP contribution in [0.5, 0.6) is 0 Å². The Morgan fingerprint density at radius 3 is 2.62 bits per heavy atom. The molecule has 1 fully saturated rings. The number of ether oxygens (including phenoxy) is 1. The van der Waals surface area contributed by atoms with Gasteiger partial charge in [-0.25, -0.2) is 4.39 Å². The Balaban J connectivity index is 1.83. The summed E-state index contributed by atoms with van der Waals surface area (Å²) in [6.45, 7) is 1.62. The molecule has 0 bridgehead atoms. The van der Waals surface area contributed by atoms with Gasteiger partial charge in [0.15, 0.2) is 5.78 Å². The van der Waals surface area contributed by atoms with Crippen LogP contribution >= 0.6 is 31.9 Å². The van der Waals surface area contributed by atoms with Gasteiger partial charge < -0.3 is 19.4 Å². The predicted molar refractivity (Wildman–Crippen MR) is 99.3 cm³/mol. The van der Waals surface area contributed by atoms with Crippen LogP contribution in [0.1, 0.15) is 38.4 Å². The molecule has 3 rings (SSSR count). The fraction of sp³-hybridized carbons (Fsp3) is 0.389. The van der Waals surface area contributed by atoms with Crippen LogP contribution in [-0.4, -0.2) is 39.6 Å². The minimum Gasteiger partial charge on any atom is -0.463 e. The second-order valence-electron chi connectivity index (χ2n) is 6.12. The summed E-state index contributed by atoms with van der Waals surface area (Å²) in [4.78, 5) is 11.5. The first-order valence-corrected chi connectivity index (χ1v) is 9.79. The van der Waals surface area contributed by atoms with E-state index in [4.69, 9.17) is 9.15 Å². The topological polar surface area (TPSA) is 79.9 Å². The van der Waals surface area contributed by atoms with E-state index in [9.17, 15) is 19.4 Å². The SMILES string of the molecule is Cc1oc([C@@H]2OC[C@@H](O)[C@H]2O)cc1C(=O)C(Br)C(Br)c1ccccc1F. The Morgan fingerprint density at radius 2 is 2.00 bits per heavy atom. The number of Topliss-reactive ketones (excluding diaryl/α,β-unsaturated/α-hetero) is 1. The number of hydrogen-bond acceptors (Lipinski definition) is 5. The van der Waals surface area contributed by atoms with Crippen molar-refractivity contribution in [3.63, 3.8) is 0 Å². The molecule has 1 aromatic heterocycles. The Hall–Kier alpha value is -1.06. The van der Waals surface area contributed by atoms with Crippen molar-refractivity contribution in [1.29, 1.82) is 0 Å². The number of halogens is 3. The Labute approximate surface area is 166 Å². The lowest BCUT2D eigenvalue weighted by Gasteiger charge is -2.16. The average Bonchev–Trinajstić information content (AvgIpc) is 3.16. The summed E-state index contributed by atoms with van der Waals surface area (Å²) in [7, 11) is 0. The van der Waals surface area contributed by atoms with E-state index < -0.39 is 33.8 Å². The van der Waals surface area contributed by atoms with Crippen molar-refractivity contribution in [2.45, 2.75) is 34.9 Å². The fourth-order valence-corrected chi connectivity index (χ4v) is 4.02. The smallest absolute Gasteiger partial charge is 0.181 e. The summed E-state index contributed by atoms with van der Waals surface area (Å²) in [6, 6.07) is 7.71. The number of carbonyl (C=O) groups is 1. The lowest BCUT2D eigenvalue weighted by Crippen LogP contribution is -2.24. The highest BCUT2D eigenvalue weighted by Gasteiger charge is 2.39. The third-order valence-corrected chi connectivity index (χ3v) is 7.02. The largest absolute Gasteiger partial charge is 0.463 e. The highest BCUT2D eigenvalue weighted by Crippen LogP contribution is 2.37. The molecule has 5 atom stereocenters. The fourth-order valence-electron chi connectivity index (χ4n) is 2.88. The zero-order valence-electron chi connectivity index (χ0n) is 13.7. The summed E-state index contributed by atoms with van der Waals surface area (Å²) in [6.07, 6.45) is -2.95. The molecule has 2 heterocycles. The van der Waals surface area contributed by atoms with E-state index in [0.29, 0.717) is 16.9 Å². The van der Waals surface area contributed by atoms with Crippen molar-refractivity contribution in [1.82, 2.24) is 0 Å². The van der Waals surface area contributed by atoms with Crippen LogP contribution < -0.4 is 0 Å². The zero-order valence-corrected chi connectivity index (χ0v) is 16.9. The molecule has 2 aromatic rings. The summed E-state index contributed by atoms with van der Waals surface area (Å²) >= 11 is 6.72. The highest BCUT2D eigenvalue weighted by molar-refractivity contribution is 9.12. The van der Waals surface area contributed by atoms with Crippen LogP contribution in [0, 0.1) is 12.7 Å². The summed E-state index contributed by atoms with van der Waals surface area (Å²) in [5.41, 5.74) is 0.668. The van der Waals surface area contributed by atoms with E-state index >= 15 is 0 Å². The first-order valence-electron chi connectivity index (χ1n) is 7.96. The number of furan rings is 1. The van der Waals surface area contributed by atoms with Crippen molar-refractivity contribution in [2.24, 2.45) is 0 Å². The molecule has 1 saturated heterocycles. The third-order valence-electron chi connectivity index (χ3n) is 4.34. The molecule has 2 unspecified atom stereocenters. The van der Waals surface area contributed by atoms with Crippen LogP contribution in [0.3, 0.4) is 0 Å². The Kier molecular flexibility index (Phi) is 5.98. The quantitative estimate of drug-likeness (QED) is 0.493. The number of benzene rings is 1. The van der Waals surface area contributed by atoms with Gasteiger partial charge in [-0.1, -0.05) is 50.1 Å². The maximum Gasteiger partial charge on any atom is 0.181 e. The van der Waals surface area contributed by atoms with E-state index in [1.807, 2.05) is 0 Å². The molecule has 0 saturated carbocycles. The van der Waals surface area contributed by atoms with Gasteiger partial charge in [-0.3, -0.25) is 4.79 Å². The molecule has 26 heavy (non-hydrogen) atoms. The van der Waals surface area contributed by atoms with Crippen LogP contribution in [-0.2, 0) is 4.74 Å². The van der Waals surface area contributed by atoms with E-state index in [1.54, 1.807) is 25.1 Å². The van der Waals surface area contributed by atoms with E-state index in [0.717, 1.165) is 0 Å². The predicted octanol–water partition coefficient (Wildman–Crippen LogP) is 3.60. The number of ketones is 1. The zero-order chi connectivity index (χ0) is 19.0. The van der Waals surface area contributed by atoms with E-state index in [2.05, 4.69) is 31.9 Å². The van der Waals surface area contributed by atoms with Gasteiger partial charge in [-0.2, -0.15) is 0 Å². The van der Waals surface area contributed by atoms with Gasteiger partial charge >= 0.3 is 0 Å². The van der Waals surface area contributed by atoms with Gasteiger partial charge in [0.25, 0.3) is 0 Å². The molecule has 8 heteroatoms. The summed E-state index contributed by atoms with van der Waals surface area (Å²) in [5, 5.41) is 19.5. The number of hydrogen-bond donors (Lipinski definition) is 2. The number of alkyl halides is 2. The number of aliphatic hydroxyl groups excluding tert-OH is 2. The first kappa shape index (κ1) is 19.7. The molecule has 0 spiro atoms. The van der Waals surface area contributed by atoms with E-state index in [1.165, 1.54) is 12.1 Å². The van der Waals surface area contributed by atoms with Crippen molar-refractivity contribution < 1.29 is 28.6 Å². The maximum atomic E-state index is 14.0. The second kappa shape index (κ2) is 7.90. The molecular formula is C18H17Br2FO5.